The molecule has 3 aromatic rings. The van der Waals surface area contributed by atoms with E-state index in [0.717, 1.165) is 40.1 Å². The van der Waals surface area contributed by atoms with Crippen LogP contribution in [0.2, 0.25) is 5.02 Å². The second-order valence-electron chi connectivity index (χ2n) is 8.10. The predicted molar refractivity (Wildman–Crippen MR) is 127 cm³/mol. The number of nitrogens with zero attached hydrogens (tertiary/aromatic N) is 4. The minimum Gasteiger partial charge on any atom is -0.274 e. The largest absolute Gasteiger partial charge is 0.274 e. The first kappa shape index (κ1) is 22.3. The highest BCUT2D eigenvalue weighted by Crippen LogP contribution is 2.38. The predicted octanol–water partition coefficient (Wildman–Crippen LogP) is 6.24. The summed E-state index contributed by atoms with van der Waals surface area (Å²) in [4.78, 5) is 23.4. The van der Waals surface area contributed by atoms with Crippen LogP contribution in [0.25, 0.3) is 0 Å². The lowest BCUT2D eigenvalue weighted by Gasteiger charge is -2.22. The topological polar surface area (TPSA) is 74.8 Å². The molecule has 0 atom stereocenters. The maximum Gasteiger partial charge on any atom is 0.230 e. The van der Waals surface area contributed by atoms with Gasteiger partial charge in [0.05, 0.1) is 16.4 Å². The fourth-order valence-corrected chi connectivity index (χ4v) is 6.20. The van der Waals surface area contributed by atoms with Gasteiger partial charge in [0, 0.05) is 24.5 Å². The summed E-state index contributed by atoms with van der Waals surface area (Å²) in [5.74, 6) is 2.24. The Hall–Kier alpha value is -1.90. The molecule has 164 valence electrons. The molecule has 0 spiro atoms. The van der Waals surface area contributed by atoms with E-state index in [2.05, 4.69) is 15.2 Å². The number of H-pyrrole nitrogens is 1. The number of aromatic amines is 1. The van der Waals surface area contributed by atoms with Crippen molar-refractivity contribution in [3.05, 3.63) is 45.2 Å². The van der Waals surface area contributed by atoms with Crippen molar-refractivity contribution >= 4 is 51.4 Å². The van der Waals surface area contributed by atoms with Gasteiger partial charge in [-0.2, -0.15) is 0 Å². The number of aryl methyl sites for hydroxylation is 2. The van der Waals surface area contributed by atoms with Crippen molar-refractivity contribution in [2.24, 2.45) is 5.92 Å². The Kier molecular flexibility index (Phi) is 6.99. The molecule has 1 N–H and O–H groups in total. The van der Waals surface area contributed by atoms with Crippen LogP contribution in [0.3, 0.4) is 0 Å². The molecule has 0 radical (unpaired) electrons. The molecule has 31 heavy (non-hydrogen) atoms. The lowest BCUT2D eigenvalue weighted by molar-refractivity contribution is -0.115. The highest BCUT2D eigenvalue weighted by atomic mass is 35.5. The van der Waals surface area contributed by atoms with Crippen LogP contribution in [0, 0.1) is 19.8 Å². The van der Waals surface area contributed by atoms with Gasteiger partial charge in [0.1, 0.15) is 5.82 Å². The number of thioether (sulfide) groups is 1. The van der Waals surface area contributed by atoms with Gasteiger partial charge in [0.2, 0.25) is 11.1 Å². The number of aromatic nitrogens is 4. The molecule has 1 saturated carbocycles. The summed E-state index contributed by atoms with van der Waals surface area (Å²) in [7, 11) is 0. The molecule has 0 unspecified atom stereocenters. The number of hydrogen-bond acceptors (Lipinski definition) is 6. The Morgan fingerprint density at radius 1 is 1.29 bits per heavy atom. The van der Waals surface area contributed by atoms with Gasteiger partial charge in [0.25, 0.3) is 0 Å². The minimum absolute atomic E-state index is 0.118. The summed E-state index contributed by atoms with van der Waals surface area (Å²) in [6, 6.07) is 3.89. The molecule has 9 heteroatoms. The summed E-state index contributed by atoms with van der Waals surface area (Å²) in [6.07, 6.45) is 6.23. The standard InChI is InChI=1S/C22H26ClN5OS2/c1-13-8-14(2)20(18(23)9-13)28(15(3)29)22-24-17(12-31-22)11-30-21-25-19(26-27-21)10-16-6-4-5-7-16/h8-9,12,16H,4-7,10-11H2,1-3H3,(H,25,26,27). The Labute approximate surface area is 195 Å². The van der Waals surface area contributed by atoms with Crippen LogP contribution in [-0.2, 0) is 17.0 Å². The van der Waals surface area contributed by atoms with Crippen LogP contribution in [0.15, 0.2) is 22.7 Å². The normalized spacial score (nSPS) is 14.3. The second-order valence-corrected chi connectivity index (χ2v) is 10.3. The van der Waals surface area contributed by atoms with Crippen LogP contribution in [-0.4, -0.2) is 26.1 Å². The maximum absolute atomic E-state index is 12.5. The zero-order valence-electron chi connectivity index (χ0n) is 17.9. The van der Waals surface area contributed by atoms with E-state index in [-0.39, 0.29) is 5.91 Å². The monoisotopic (exact) mass is 475 g/mol. The lowest BCUT2D eigenvalue weighted by atomic mass is 10.0. The third-order valence-electron chi connectivity index (χ3n) is 5.48. The summed E-state index contributed by atoms with van der Waals surface area (Å²) >= 11 is 9.48. The number of anilines is 2. The molecule has 2 heterocycles. The van der Waals surface area contributed by atoms with Crippen molar-refractivity contribution in [2.75, 3.05) is 4.90 Å². The number of carbonyl (C=O) groups excluding carboxylic acids is 1. The second kappa shape index (κ2) is 9.71. The summed E-state index contributed by atoms with van der Waals surface area (Å²) in [5.41, 5.74) is 3.59. The first-order valence-electron chi connectivity index (χ1n) is 10.5. The number of nitrogens with one attached hydrogen (secondary N) is 1. The molecule has 1 amide bonds. The summed E-state index contributed by atoms with van der Waals surface area (Å²) in [5, 5.41) is 11.3. The van der Waals surface area contributed by atoms with Gasteiger partial charge >= 0.3 is 0 Å². The Bertz CT molecular complexity index is 1050. The Morgan fingerprint density at radius 3 is 2.77 bits per heavy atom. The molecule has 4 rings (SSSR count). The number of thiazole rings is 1. The van der Waals surface area contributed by atoms with Gasteiger partial charge in [-0.3, -0.25) is 14.8 Å². The van der Waals surface area contributed by atoms with E-state index in [4.69, 9.17) is 16.6 Å². The molecule has 0 aliphatic heterocycles. The molecule has 6 nitrogen and oxygen atoms in total. The van der Waals surface area contributed by atoms with Gasteiger partial charge in [-0.15, -0.1) is 16.4 Å². The maximum atomic E-state index is 12.5. The van der Waals surface area contributed by atoms with Gasteiger partial charge in [-0.05, 0) is 37.0 Å². The number of hydrogen-bond donors (Lipinski definition) is 1. The smallest absolute Gasteiger partial charge is 0.230 e. The van der Waals surface area contributed by atoms with E-state index in [9.17, 15) is 4.79 Å². The molecule has 1 aliphatic carbocycles. The number of carbonyl (C=O) groups is 1. The molecule has 2 aromatic heterocycles. The number of halogens is 1. The Morgan fingerprint density at radius 2 is 2.06 bits per heavy atom. The average molecular weight is 476 g/mol. The minimum atomic E-state index is -0.118. The van der Waals surface area contributed by atoms with Crippen molar-refractivity contribution in [1.82, 2.24) is 20.2 Å². The van der Waals surface area contributed by atoms with Crippen LogP contribution >= 0.6 is 34.7 Å². The van der Waals surface area contributed by atoms with Gasteiger partial charge in [-0.25, -0.2) is 9.97 Å². The first-order valence-corrected chi connectivity index (χ1v) is 12.7. The van der Waals surface area contributed by atoms with E-state index in [1.165, 1.54) is 43.9 Å². The van der Waals surface area contributed by atoms with Crippen LogP contribution < -0.4 is 4.90 Å². The van der Waals surface area contributed by atoms with E-state index in [1.54, 1.807) is 16.7 Å². The Balaban J connectivity index is 1.45. The number of rotatable bonds is 7. The molecule has 0 saturated heterocycles. The van der Waals surface area contributed by atoms with E-state index in [0.29, 0.717) is 21.6 Å². The van der Waals surface area contributed by atoms with E-state index >= 15 is 0 Å². The summed E-state index contributed by atoms with van der Waals surface area (Å²) < 4.78 is 0. The molecule has 1 aromatic carbocycles. The zero-order chi connectivity index (χ0) is 22.0. The molecule has 1 fully saturated rings. The van der Waals surface area contributed by atoms with Gasteiger partial charge in [-0.1, -0.05) is 55.1 Å². The number of amides is 1. The number of benzene rings is 1. The molecule has 1 aliphatic rings. The summed E-state index contributed by atoms with van der Waals surface area (Å²) in [6.45, 7) is 5.48. The van der Waals surface area contributed by atoms with Crippen molar-refractivity contribution in [3.8, 4) is 0 Å². The van der Waals surface area contributed by atoms with E-state index < -0.39 is 0 Å². The molecular formula is C22H26ClN5OS2. The van der Waals surface area contributed by atoms with Crippen molar-refractivity contribution in [3.63, 3.8) is 0 Å². The van der Waals surface area contributed by atoms with Crippen molar-refractivity contribution in [2.45, 2.75) is 63.8 Å². The highest BCUT2D eigenvalue weighted by molar-refractivity contribution is 7.98. The average Bonchev–Trinajstić information content (AvgIpc) is 3.45. The SMILES string of the molecule is CC(=O)N(c1nc(CSc2n[nH]c(CC3CCCC3)n2)cs1)c1c(C)cc(C)cc1Cl. The fraction of sp³-hybridized carbons (Fsp3) is 0.455. The molecule has 0 bridgehead atoms. The lowest BCUT2D eigenvalue weighted by Crippen LogP contribution is -2.24. The third-order valence-corrected chi connectivity index (χ3v) is 7.53. The van der Waals surface area contributed by atoms with E-state index in [1.807, 2.05) is 31.4 Å². The first-order chi connectivity index (χ1) is 14.9. The van der Waals surface area contributed by atoms with Crippen molar-refractivity contribution in [1.29, 1.82) is 0 Å². The highest BCUT2D eigenvalue weighted by Gasteiger charge is 2.23. The fourth-order valence-electron chi connectivity index (χ4n) is 4.10. The zero-order valence-corrected chi connectivity index (χ0v) is 20.3. The van der Waals surface area contributed by atoms with Crippen LogP contribution in [0.5, 0.6) is 0 Å². The van der Waals surface area contributed by atoms with Gasteiger partial charge < -0.3 is 0 Å². The molecular weight excluding hydrogens is 450 g/mol. The van der Waals surface area contributed by atoms with Gasteiger partial charge in [0.15, 0.2) is 5.13 Å². The third kappa shape index (κ3) is 5.30. The quantitative estimate of drug-likeness (QED) is 0.409. The van der Waals surface area contributed by atoms with Crippen molar-refractivity contribution < 1.29 is 4.79 Å². The van der Waals surface area contributed by atoms with Crippen LogP contribution in [0.4, 0.5) is 10.8 Å². The van der Waals surface area contributed by atoms with Crippen LogP contribution in [0.1, 0.15) is 55.3 Å².